The largest absolute Gasteiger partial charge is 0.483 e. The zero-order valence-electron chi connectivity index (χ0n) is 21.5. The van der Waals surface area contributed by atoms with E-state index < -0.39 is 0 Å². The van der Waals surface area contributed by atoms with E-state index in [1.807, 2.05) is 23.1 Å². The van der Waals surface area contributed by atoms with E-state index in [2.05, 4.69) is 10.3 Å². The van der Waals surface area contributed by atoms with Crippen molar-refractivity contribution in [3.05, 3.63) is 40.4 Å². The molecule has 2 aromatic heterocycles. The van der Waals surface area contributed by atoms with Crippen molar-refractivity contribution in [3.63, 3.8) is 0 Å². The number of fused-ring (bicyclic) bond motifs is 2. The van der Waals surface area contributed by atoms with E-state index in [1.54, 1.807) is 12.3 Å². The number of carbonyl (C=O) groups excluding carboxylic acids is 3. The Morgan fingerprint density at radius 2 is 1.90 bits per heavy atom. The van der Waals surface area contributed by atoms with Gasteiger partial charge in [-0.1, -0.05) is 11.6 Å². The normalized spacial score (nSPS) is 21.2. The molecule has 208 valence electrons. The molecule has 2 saturated heterocycles. The number of thiophene rings is 1. The number of imide groups is 1. The molecule has 3 fully saturated rings. The van der Waals surface area contributed by atoms with Gasteiger partial charge in [0.05, 0.1) is 28.5 Å². The molecule has 0 radical (unpaired) electrons. The number of benzene rings is 1. The Labute approximate surface area is 238 Å². The van der Waals surface area contributed by atoms with Crippen LogP contribution in [0.15, 0.2) is 30.5 Å². The van der Waals surface area contributed by atoms with Gasteiger partial charge in [-0.15, -0.1) is 11.3 Å². The monoisotopic (exact) mass is 582 g/mol. The first-order chi connectivity index (χ1) is 19.3. The minimum Gasteiger partial charge on any atom is -0.483 e. The lowest BCUT2D eigenvalue weighted by Crippen LogP contribution is -2.47. The molecule has 2 N–H and O–H groups in total. The third kappa shape index (κ3) is 4.61. The highest BCUT2D eigenvalue weighted by atomic mass is 35.5. The fourth-order valence-corrected chi connectivity index (χ4v) is 7.53. The quantitative estimate of drug-likeness (QED) is 0.349. The molecule has 40 heavy (non-hydrogen) atoms. The van der Waals surface area contributed by atoms with Crippen LogP contribution in [0.3, 0.4) is 0 Å². The summed E-state index contributed by atoms with van der Waals surface area (Å²) >= 11 is 8.07. The lowest BCUT2D eigenvalue weighted by molar-refractivity contribution is -0.139. The van der Waals surface area contributed by atoms with Crippen LogP contribution in [-0.4, -0.2) is 63.9 Å². The number of pyridine rings is 1. The Hall–Kier alpha value is -3.54. The number of nitrogens with zero attached hydrogens (tertiary/aromatic N) is 3. The van der Waals surface area contributed by atoms with Crippen molar-refractivity contribution in [1.29, 1.82) is 0 Å². The molecule has 7 rings (SSSR count). The smallest absolute Gasteiger partial charge is 0.290 e. The number of hydrogen-bond acceptors (Lipinski definition) is 8. The number of carboxylic acid groups (broad SMARTS) is 1. The molecular weight excluding hydrogens is 556 g/mol. The molecule has 1 saturated carbocycles. The third-order valence-electron chi connectivity index (χ3n) is 8.14. The first-order valence-corrected chi connectivity index (χ1v) is 14.3. The van der Waals surface area contributed by atoms with Crippen LogP contribution in [0.25, 0.3) is 21.3 Å². The fraction of sp³-hybridized carbons (Fsp3) is 0.393. The Bertz CT molecular complexity index is 1520. The van der Waals surface area contributed by atoms with E-state index in [1.165, 1.54) is 22.7 Å². The number of likely N-dealkylation sites (tertiary alicyclic amines) is 1. The van der Waals surface area contributed by atoms with Crippen molar-refractivity contribution in [3.8, 4) is 16.9 Å². The Morgan fingerprint density at radius 1 is 1.15 bits per heavy atom. The van der Waals surface area contributed by atoms with Gasteiger partial charge in [-0.2, -0.15) is 0 Å². The van der Waals surface area contributed by atoms with Crippen molar-refractivity contribution in [1.82, 2.24) is 15.2 Å². The second-order valence-corrected chi connectivity index (χ2v) is 12.1. The van der Waals surface area contributed by atoms with Crippen LogP contribution in [0.5, 0.6) is 5.75 Å². The van der Waals surface area contributed by atoms with Crippen LogP contribution in [0.4, 0.5) is 5.69 Å². The van der Waals surface area contributed by atoms with E-state index in [-0.39, 0.29) is 61.8 Å². The molecule has 1 spiro atoms. The summed E-state index contributed by atoms with van der Waals surface area (Å²) in [5.74, 6) is 0.273. The van der Waals surface area contributed by atoms with E-state index in [4.69, 9.17) is 26.2 Å². The van der Waals surface area contributed by atoms with Crippen LogP contribution in [0.2, 0.25) is 5.02 Å². The molecule has 3 aliphatic heterocycles. The lowest BCUT2D eigenvalue weighted by atomic mass is 9.75. The molecule has 3 aromatic rings. The zero-order valence-corrected chi connectivity index (χ0v) is 23.1. The Morgan fingerprint density at radius 3 is 2.58 bits per heavy atom. The maximum atomic E-state index is 13.3. The van der Waals surface area contributed by atoms with Gasteiger partial charge >= 0.3 is 0 Å². The van der Waals surface area contributed by atoms with Gasteiger partial charge in [0.1, 0.15) is 5.75 Å². The number of nitrogens with one attached hydrogen (secondary N) is 1. The number of halogens is 1. The number of carbonyl (C=O) groups is 4. The highest BCUT2D eigenvalue weighted by molar-refractivity contribution is 7.19. The standard InChI is InChI=1S/C27H25ClN4O4S.CH2O2/c28-15-8-19(18-4-7-29-20-10-17(37-26(18)20)13-31-22(33)2-3-23(31)34)25-21(9-15)36-14-24(35)32(25)16-11-27(30-12-16)5-1-6-27;2-1-3/h4,7-10,16,30H,1-3,5-6,11-14H2;1H,(H,2,3)/t16-;/m0./s1. The second-order valence-electron chi connectivity index (χ2n) is 10.5. The second kappa shape index (κ2) is 10.5. The molecule has 1 aliphatic carbocycles. The average Bonchev–Trinajstić information content (AvgIpc) is 3.62. The summed E-state index contributed by atoms with van der Waals surface area (Å²) in [5, 5.41) is 11.1. The van der Waals surface area contributed by atoms with Gasteiger partial charge in [0, 0.05) is 58.2 Å². The third-order valence-corrected chi connectivity index (χ3v) is 9.50. The van der Waals surface area contributed by atoms with Gasteiger partial charge in [0.15, 0.2) is 6.61 Å². The minimum atomic E-state index is -0.250. The van der Waals surface area contributed by atoms with Crippen molar-refractivity contribution < 1.29 is 29.0 Å². The van der Waals surface area contributed by atoms with E-state index in [0.717, 1.165) is 57.7 Å². The van der Waals surface area contributed by atoms with Crippen molar-refractivity contribution in [2.45, 2.75) is 56.7 Å². The number of amides is 3. The topological polar surface area (TPSA) is 129 Å². The van der Waals surface area contributed by atoms with E-state index >= 15 is 0 Å². The fourth-order valence-electron chi connectivity index (χ4n) is 6.19. The van der Waals surface area contributed by atoms with E-state index in [0.29, 0.717) is 10.8 Å². The van der Waals surface area contributed by atoms with Crippen LogP contribution in [0.1, 0.15) is 43.4 Å². The number of aromatic nitrogens is 1. The number of hydrogen-bond donors (Lipinski definition) is 2. The molecule has 0 unspecified atom stereocenters. The molecule has 5 heterocycles. The van der Waals surface area contributed by atoms with Crippen molar-refractivity contribution in [2.24, 2.45) is 0 Å². The Kier molecular flexibility index (Phi) is 6.97. The van der Waals surface area contributed by atoms with Crippen molar-refractivity contribution in [2.75, 3.05) is 18.1 Å². The summed E-state index contributed by atoms with van der Waals surface area (Å²) in [6, 6.07) is 7.57. The Balaban J connectivity index is 0.000000925. The summed E-state index contributed by atoms with van der Waals surface area (Å²) in [4.78, 5) is 54.7. The number of ether oxygens (including phenoxy) is 1. The maximum Gasteiger partial charge on any atom is 0.290 e. The number of anilines is 1. The van der Waals surface area contributed by atoms with Gasteiger partial charge in [-0.05, 0) is 43.9 Å². The molecule has 4 aliphatic rings. The van der Waals surface area contributed by atoms with Crippen LogP contribution in [-0.2, 0) is 25.7 Å². The predicted molar refractivity (Wildman–Crippen MR) is 150 cm³/mol. The predicted octanol–water partition coefficient (Wildman–Crippen LogP) is 3.98. The molecule has 0 bridgehead atoms. The number of rotatable bonds is 4. The summed E-state index contributed by atoms with van der Waals surface area (Å²) in [5.41, 5.74) is 3.38. The average molecular weight is 583 g/mol. The first kappa shape index (κ1) is 26.7. The highest BCUT2D eigenvalue weighted by Gasteiger charge is 2.47. The first-order valence-electron chi connectivity index (χ1n) is 13.1. The van der Waals surface area contributed by atoms with Crippen LogP contribution in [0, 0.1) is 0 Å². The lowest BCUT2D eigenvalue weighted by Gasteiger charge is -2.40. The minimum absolute atomic E-state index is 0.0108. The molecule has 3 amide bonds. The van der Waals surface area contributed by atoms with Crippen LogP contribution >= 0.6 is 22.9 Å². The van der Waals surface area contributed by atoms with Crippen molar-refractivity contribution >= 4 is 63.0 Å². The van der Waals surface area contributed by atoms with Gasteiger partial charge < -0.3 is 20.1 Å². The molecular formula is C28H27ClN4O6S. The summed E-state index contributed by atoms with van der Waals surface area (Å²) < 4.78 is 6.82. The zero-order chi connectivity index (χ0) is 28.0. The summed E-state index contributed by atoms with van der Waals surface area (Å²) in [7, 11) is 0. The summed E-state index contributed by atoms with van der Waals surface area (Å²) in [6.45, 7) is 0.735. The molecule has 10 nitrogen and oxygen atoms in total. The SMILES string of the molecule is O=C1CCC(=O)N1Cc1cc2nccc(-c3cc(Cl)cc4c3N([C@@H]3CNC5(CCC5)C3)C(=O)CO4)c2s1.O=CO. The van der Waals surface area contributed by atoms with Crippen LogP contribution < -0.4 is 15.0 Å². The summed E-state index contributed by atoms with van der Waals surface area (Å²) in [6.07, 6.45) is 6.71. The molecule has 1 aromatic carbocycles. The maximum absolute atomic E-state index is 13.3. The molecule has 12 heteroatoms. The van der Waals surface area contributed by atoms with Gasteiger partial charge in [0.2, 0.25) is 11.8 Å². The van der Waals surface area contributed by atoms with Gasteiger partial charge in [-0.25, -0.2) is 0 Å². The van der Waals surface area contributed by atoms with Gasteiger partial charge in [0.25, 0.3) is 12.4 Å². The molecule has 1 atom stereocenters. The van der Waals surface area contributed by atoms with Gasteiger partial charge in [-0.3, -0.25) is 29.1 Å². The van der Waals surface area contributed by atoms with E-state index in [9.17, 15) is 14.4 Å². The highest BCUT2D eigenvalue weighted by Crippen LogP contribution is 2.49.